The number of allylic oxidation sites excluding steroid dienone is 2. The van der Waals surface area contributed by atoms with Gasteiger partial charge in [-0.3, -0.25) is 4.79 Å². The lowest BCUT2D eigenvalue weighted by atomic mass is 10.0. The van der Waals surface area contributed by atoms with Crippen LogP contribution in [0.5, 0.6) is 0 Å². The van der Waals surface area contributed by atoms with Crippen LogP contribution in [-0.2, 0) is 9.53 Å². The Morgan fingerprint density at radius 1 is 0.370 bits per heavy atom. The van der Waals surface area contributed by atoms with Crippen LogP contribution in [0.1, 0.15) is 303 Å². The molecule has 0 aliphatic heterocycles. The first-order valence-corrected chi connectivity index (χ1v) is 25.5. The number of carbonyl (C=O) groups is 1. The Labute approximate surface area is 342 Å². The lowest BCUT2D eigenvalue weighted by Gasteiger charge is -2.06. The molecule has 0 heterocycles. The maximum Gasteiger partial charge on any atom is 0.305 e. The Kier molecular flexibility index (Phi) is 47.7. The van der Waals surface area contributed by atoms with E-state index in [2.05, 4.69) is 32.9 Å². The number of hydrogen-bond acceptors (Lipinski definition) is 2. The van der Waals surface area contributed by atoms with E-state index in [4.69, 9.17) is 4.74 Å². The van der Waals surface area contributed by atoms with Gasteiger partial charge in [0, 0.05) is 6.42 Å². The van der Waals surface area contributed by atoms with Gasteiger partial charge in [-0.15, -0.1) is 0 Å². The fraction of sp³-hybridized carbons (Fsp3) is 0.942. The van der Waals surface area contributed by atoms with Gasteiger partial charge < -0.3 is 4.74 Å². The summed E-state index contributed by atoms with van der Waals surface area (Å²) in [6.07, 6.45) is 64.9. The first kappa shape index (κ1) is 53.2. The summed E-state index contributed by atoms with van der Waals surface area (Å²) in [5, 5.41) is 0. The van der Waals surface area contributed by atoms with Crippen molar-refractivity contribution in [3.05, 3.63) is 12.2 Å². The molecule has 0 fully saturated rings. The summed E-state index contributed by atoms with van der Waals surface area (Å²) >= 11 is 0. The molecule has 0 rings (SSSR count). The third-order valence-corrected chi connectivity index (χ3v) is 11.8. The van der Waals surface area contributed by atoms with Crippen molar-refractivity contribution in [1.82, 2.24) is 0 Å². The van der Waals surface area contributed by atoms with Crippen LogP contribution < -0.4 is 0 Å². The molecule has 0 radical (unpaired) electrons. The average molecular weight is 759 g/mol. The number of ether oxygens (including phenoxy) is 1. The van der Waals surface area contributed by atoms with Crippen LogP contribution in [0, 0.1) is 5.92 Å². The molecule has 0 amide bonds. The standard InChI is InChI=1S/C52H102O2/c1-4-5-6-7-8-9-10-11-12-13-14-18-22-25-28-31-34-37-40-43-46-49-52(53)54-50-47-44-41-38-35-32-29-26-23-20-17-15-16-19-21-24-27-30-33-36-39-42-45-48-51(2)3/h11-12,51H,4-10,13-50H2,1-3H3/b12-11+. The third-order valence-electron chi connectivity index (χ3n) is 11.8. The third kappa shape index (κ3) is 49.2. The van der Waals surface area contributed by atoms with Gasteiger partial charge in [-0.05, 0) is 44.4 Å². The molecule has 0 unspecified atom stereocenters. The highest BCUT2D eigenvalue weighted by Crippen LogP contribution is 2.17. The molecule has 0 aromatic rings. The first-order chi connectivity index (χ1) is 26.7. The molecule has 0 atom stereocenters. The van der Waals surface area contributed by atoms with Crippen LogP contribution in [0.25, 0.3) is 0 Å². The minimum absolute atomic E-state index is 0.0300. The average Bonchev–Trinajstić information content (AvgIpc) is 3.16. The number of rotatable bonds is 47. The molecule has 0 spiro atoms. The molecule has 0 aromatic carbocycles. The van der Waals surface area contributed by atoms with Crippen molar-refractivity contribution in [1.29, 1.82) is 0 Å². The monoisotopic (exact) mass is 759 g/mol. The maximum atomic E-state index is 12.1. The molecule has 0 aromatic heterocycles. The van der Waals surface area contributed by atoms with Gasteiger partial charge in [0.2, 0.25) is 0 Å². The van der Waals surface area contributed by atoms with Gasteiger partial charge in [-0.25, -0.2) is 0 Å². The Morgan fingerprint density at radius 3 is 0.981 bits per heavy atom. The summed E-state index contributed by atoms with van der Waals surface area (Å²) in [7, 11) is 0. The van der Waals surface area contributed by atoms with Crippen molar-refractivity contribution in [3.8, 4) is 0 Å². The van der Waals surface area contributed by atoms with Crippen molar-refractivity contribution >= 4 is 5.97 Å². The molecule has 0 bridgehead atoms. The van der Waals surface area contributed by atoms with E-state index in [0.717, 1.165) is 18.8 Å². The minimum atomic E-state index is 0.0300. The smallest absolute Gasteiger partial charge is 0.305 e. The second-order valence-corrected chi connectivity index (χ2v) is 18.0. The van der Waals surface area contributed by atoms with Gasteiger partial charge in [-0.2, -0.15) is 0 Å². The normalized spacial score (nSPS) is 11.8. The number of carbonyl (C=O) groups excluding carboxylic acids is 1. The van der Waals surface area contributed by atoms with E-state index < -0.39 is 0 Å². The first-order valence-electron chi connectivity index (χ1n) is 25.5. The van der Waals surface area contributed by atoms with Crippen LogP contribution >= 0.6 is 0 Å². The molecule has 2 heteroatoms. The molecular formula is C52H102O2. The topological polar surface area (TPSA) is 26.3 Å². The predicted octanol–water partition coefficient (Wildman–Crippen LogP) is 18.9. The molecule has 0 aliphatic rings. The van der Waals surface area contributed by atoms with Gasteiger partial charge >= 0.3 is 5.97 Å². The molecular weight excluding hydrogens is 657 g/mol. The van der Waals surface area contributed by atoms with Crippen LogP contribution in [0.3, 0.4) is 0 Å². The summed E-state index contributed by atoms with van der Waals surface area (Å²) in [5.41, 5.74) is 0. The Hall–Kier alpha value is -0.790. The van der Waals surface area contributed by atoms with E-state index in [1.807, 2.05) is 0 Å². The fourth-order valence-corrected chi connectivity index (χ4v) is 8.03. The second kappa shape index (κ2) is 48.4. The Morgan fingerprint density at radius 2 is 0.648 bits per heavy atom. The van der Waals surface area contributed by atoms with E-state index in [0.29, 0.717) is 13.0 Å². The second-order valence-electron chi connectivity index (χ2n) is 18.0. The molecule has 0 aliphatic carbocycles. The van der Waals surface area contributed by atoms with Gasteiger partial charge in [0.15, 0.2) is 0 Å². The summed E-state index contributed by atoms with van der Waals surface area (Å²) in [4.78, 5) is 12.1. The number of unbranched alkanes of at least 4 members (excludes halogenated alkanes) is 39. The highest BCUT2D eigenvalue weighted by molar-refractivity contribution is 5.69. The predicted molar refractivity (Wildman–Crippen MR) is 244 cm³/mol. The van der Waals surface area contributed by atoms with Crippen LogP contribution in [0.4, 0.5) is 0 Å². The summed E-state index contributed by atoms with van der Waals surface area (Å²) in [5.74, 6) is 0.915. The van der Waals surface area contributed by atoms with E-state index >= 15 is 0 Å². The number of hydrogen-bond donors (Lipinski definition) is 0. The van der Waals surface area contributed by atoms with Crippen LogP contribution in [-0.4, -0.2) is 12.6 Å². The van der Waals surface area contributed by atoms with E-state index in [-0.39, 0.29) is 5.97 Å². The zero-order chi connectivity index (χ0) is 39.1. The largest absolute Gasteiger partial charge is 0.466 e. The zero-order valence-electron chi connectivity index (χ0n) is 37.9. The number of esters is 1. The summed E-state index contributed by atoms with van der Waals surface area (Å²) < 4.78 is 5.50. The highest BCUT2D eigenvalue weighted by Gasteiger charge is 2.03. The van der Waals surface area contributed by atoms with Crippen molar-refractivity contribution in [2.75, 3.05) is 6.61 Å². The highest BCUT2D eigenvalue weighted by atomic mass is 16.5. The van der Waals surface area contributed by atoms with Crippen LogP contribution in [0.15, 0.2) is 12.2 Å². The Bertz CT molecular complexity index is 711. The zero-order valence-corrected chi connectivity index (χ0v) is 37.9. The molecule has 0 saturated carbocycles. The lowest BCUT2D eigenvalue weighted by molar-refractivity contribution is -0.143. The van der Waals surface area contributed by atoms with Gasteiger partial charge in [-0.1, -0.05) is 270 Å². The SMILES string of the molecule is CCCCCCCC/C=C/CCCCCCCCCCCCCC(=O)OCCCCCCCCCCCCCCCCCCCCCCCCCC(C)C. The summed E-state index contributed by atoms with van der Waals surface area (Å²) in [6, 6.07) is 0. The minimum Gasteiger partial charge on any atom is -0.466 e. The van der Waals surface area contributed by atoms with Gasteiger partial charge in [0.1, 0.15) is 0 Å². The van der Waals surface area contributed by atoms with Gasteiger partial charge in [0.05, 0.1) is 6.61 Å². The van der Waals surface area contributed by atoms with Crippen molar-refractivity contribution in [2.45, 2.75) is 303 Å². The van der Waals surface area contributed by atoms with Crippen molar-refractivity contribution in [3.63, 3.8) is 0 Å². The molecule has 2 nitrogen and oxygen atoms in total. The molecule has 322 valence electrons. The quantitative estimate of drug-likeness (QED) is 0.0351. The van der Waals surface area contributed by atoms with Gasteiger partial charge in [0.25, 0.3) is 0 Å². The summed E-state index contributed by atoms with van der Waals surface area (Å²) in [6.45, 7) is 7.61. The van der Waals surface area contributed by atoms with Crippen molar-refractivity contribution < 1.29 is 9.53 Å². The van der Waals surface area contributed by atoms with Crippen molar-refractivity contribution in [2.24, 2.45) is 5.92 Å². The molecule has 0 N–H and O–H groups in total. The molecule has 54 heavy (non-hydrogen) atoms. The lowest BCUT2D eigenvalue weighted by Crippen LogP contribution is -2.05. The molecule has 0 saturated heterocycles. The fourth-order valence-electron chi connectivity index (χ4n) is 8.03. The van der Waals surface area contributed by atoms with Crippen LogP contribution in [0.2, 0.25) is 0 Å². The van der Waals surface area contributed by atoms with E-state index in [1.165, 1.54) is 263 Å². The van der Waals surface area contributed by atoms with E-state index in [1.54, 1.807) is 0 Å². The van der Waals surface area contributed by atoms with E-state index in [9.17, 15) is 4.79 Å². The maximum absolute atomic E-state index is 12.1. The Balaban J connectivity index is 3.17.